The van der Waals surface area contributed by atoms with Gasteiger partial charge in [-0.25, -0.2) is 0 Å². The molecule has 0 radical (unpaired) electrons. The molecule has 1 atom stereocenters. The SMILES string of the molecule is CC(=O)OCCC1CC=C(c2ccccc2OCc2ccc(Cl)c3cc(F)oc23)CC1. The van der Waals surface area contributed by atoms with Crippen LogP contribution in [0.15, 0.2) is 53.0 Å². The van der Waals surface area contributed by atoms with Gasteiger partial charge in [0.2, 0.25) is 0 Å². The Balaban J connectivity index is 1.46. The summed E-state index contributed by atoms with van der Waals surface area (Å²) >= 11 is 6.15. The third-order valence-electron chi connectivity index (χ3n) is 5.65. The number of allylic oxidation sites excluding steroid dienone is 2. The number of carbonyl (C=O) groups excluding carboxylic acids is 1. The van der Waals surface area contributed by atoms with E-state index in [-0.39, 0.29) is 12.6 Å². The molecule has 4 rings (SSSR count). The average molecular weight is 443 g/mol. The zero-order valence-corrected chi connectivity index (χ0v) is 18.1. The molecule has 4 nitrogen and oxygen atoms in total. The highest BCUT2D eigenvalue weighted by molar-refractivity contribution is 6.35. The van der Waals surface area contributed by atoms with Gasteiger partial charge in [0, 0.05) is 29.5 Å². The number of para-hydroxylation sites is 1. The van der Waals surface area contributed by atoms with E-state index in [2.05, 4.69) is 12.1 Å². The van der Waals surface area contributed by atoms with Crippen molar-refractivity contribution in [3.8, 4) is 5.75 Å². The molecule has 0 saturated heterocycles. The van der Waals surface area contributed by atoms with Crippen LogP contribution in [0.4, 0.5) is 4.39 Å². The van der Waals surface area contributed by atoms with Crippen LogP contribution in [-0.2, 0) is 16.1 Å². The molecular formula is C25H24ClFO4. The molecular weight excluding hydrogens is 419 g/mol. The second-order valence-electron chi connectivity index (χ2n) is 7.78. The minimum absolute atomic E-state index is 0.228. The lowest BCUT2D eigenvalue weighted by Crippen LogP contribution is -2.11. The number of hydrogen-bond donors (Lipinski definition) is 0. The molecule has 0 N–H and O–H groups in total. The fourth-order valence-electron chi connectivity index (χ4n) is 4.01. The summed E-state index contributed by atoms with van der Waals surface area (Å²) < 4.78 is 30.0. The van der Waals surface area contributed by atoms with Crippen molar-refractivity contribution in [2.45, 2.75) is 39.2 Å². The molecule has 31 heavy (non-hydrogen) atoms. The fourth-order valence-corrected chi connectivity index (χ4v) is 4.21. The van der Waals surface area contributed by atoms with Crippen molar-refractivity contribution in [1.29, 1.82) is 0 Å². The van der Waals surface area contributed by atoms with Gasteiger partial charge in [0.05, 0.1) is 11.6 Å². The Morgan fingerprint density at radius 2 is 2.10 bits per heavy atom. The molecule has 1 aliphatic carbocycles. The normalized spacial score (nSPS) is 16.2. The van der Waals surface area contributed by atoms with Crippen LogP contribution in [0.25, 0.3) is 16.5 Å². The first-order valence-corrected chi connectivity index (χ1v) is 10.8. The van der Waals surface area contributed by atoms with E-state index in [1.54, 1.807) is 12.1 Å². The molecule has 0 amide bonds. The zero-order chi connectivity index (χ0) is 21.8. The molecule has 0 spiro atoms. The van der Waals surface area contributed by atoms with Crippen LogP contribution in [-0.4, -0.2) is 12.6 Å². The summed E-state index contributed by atoms with van der Waals surface area (Å²) in [5.41, 5.74) is 3.47. The molecule has 0 aliphatic heterocycles. The topological polar surface area (TPSA) is 48.7 Å². The first kappa shape index (κ1) is 21.4. The number of benzene rings is 2. The summed E-state index contributed by atoms with van der Waals surface area (Å²) in [6.07, 6.45) is 6.08. The van der Waals surface area contributed by atoms with Crippen molar-refractivity contribution < 1.29 is 23.1 Å². The molecule has 1 unspecified atom stereocenters. The van der Waals surface area contributed by atoms with E-state index in [9.17, 15) is 9.18 Å². The lowest BCUT2D eigenvalue weighted by atomic mass is 9.85. The molecule has 2 aromatic carbocycles. The van der Waals surface area contributed by atoms with Gasteiger partial charge in [-0.15, -0.1) is 0 Å². The summed E-state index contributed by atoms with van der Waals surface area (Å²) in [4.78, 5) is 10.9. The van der Waals surface area contributed by atoms with Gasteiger partial charge in [-0.1, -0.05) is 41.9 Å². The van der Waals surface area contributed by atoms with Gasteiger partial charge in [-0.2, -0.15) is 4.39 Å². The molecule has 3 aromatic rings. The van der Waals surface area contributed by atoms with Crippen LogP contribution in [0.1, 0.15) is 43.7 Å². The minimum atomic E-state index is -0.666. The van der Waals surface area contributed by atoms with Gasteiger partial charge in [-0.3, -0.25) is 4.79 Å². The van der Waals surface area contributed by atoms with Crippen molar-refractivity contribution >= 4 is 34.1 Å². The van der Waals surface area contributed by atoms with Crippen molar-refractivity contribution in [3.05, 3.63) is 70.7 Å². The average Bonchev–Trinajstić information content (AvgIpc) is 3.16. The second-order valence-corrected chi connectivity index (χ2v) is 8.19. The molecule has 0 saturated carbocycles. The summed E-state index contributed by atoms with van der Waals surface area (Å²) in [5.74, 6) is 1.07. The predicted molar refractivity (Wildman–Crippen MR) is 119 cm³/mol. The second kappa shape index (κ2) is 9.56. The van der Waals surface area contributed by atoms with Crippen LogP contribution in [0, 0.1) is 11.9 Å². The number of fused-ring (bicyclic) bond motifs is 1. The summed E-state index contributed by atoms with van der Waals surface area (Å²) in [5, 5.41) is 0.991. The first-order valence-electron chi connectivity index (χ1n) is 10.4. The zero-order valence-electron chi connectivity index (χ0n) is 17.3. The quantitative estimate of drug-likeness (QED) is 0.372. The van der Waals surface area contributed by atoms with Gasteiger partial charge in [0.1, 0.15) is 17.9 Å². The third-order valence-corrected chi connectivity index (χ3v) is 5.98. The van der Waals surface area contributed by atoms with E-state index in [0.717, 1.165) is 42.6 Å². The van der Waals surface area contributed by atoms with E-state index in [1.165, 1.54) is 18.6 Å². The highest BCUT2D eigenvalue weighted by Crippen LogP contribution is 2.37. The Hall–Kier alpha value is -2.79. The monoisotopic (exact) mass is 442 g/mol. The minimum Gasteiger partial charge on any atom is -0.488 e. The lowest BCUT2D eigenvalue weighted by molar-refractivity contribution is -0.141. The van der Waals surface area contributed by atoms with E-state index >= 15 is 0 Å². The first-order chi connectivity index (χ1) is 15.0. The summed E-state index contributed by atoms with van der Waals surface area (Å²) in [6.45, 7) is 2.16. The predicted octanol–water partition coefficient (Wildman–Crippen LogP) is 6.94. The Morgan fingerprint density at radius 1 is 1.26 bits per heavy atom. The summed E-state index contributed by atoms with van der Waals surface area (Å²) in [6, 6.07) is 12.1. The van der Waals surface area contributed by atoms with Crippen LogP contribution in [0.5, 0.6) is 5.75 Å². The number of halogens is 2. The van der Waals surface area contributed by atoms with E-state index in [1.807, 2.05) is 18.2 Å². The van der Waals surface area contributed by atoms with Crippen LogP contribution >= 0.6 is 11.6 Å². The standard InChI is InChI=1S/C25H24ClFO4/c1-16(28)29-13-12-17-6-8-18(9-7-17)20-4-2-3-5-23(20)30-15-19-10-11-22(26)21-14-24(27)31-25(19)21/h2-5,8,10-11,14,17H,6-7,9,12-13,15H2,1H3. The van der Waals surface area contributed by atoms with Gasteiger partial charge in [0.15, 0.2) is 0 Å². The Morgan fingerprint density at radius 3 is 2.87 bits per heavy atom. The number of hydrogen-bond acceptors (Lipinski definition) is 4. The highest BCUT2D eigenvalue weighted by Gasteiger charge is 2.18. The maximum Gasteiger partial charge on any atom is 0.302 e. The smallest absolute Gasteiger partial charge is 0.302 e. The Labute approximate surface area is 185 Å². The summed E-state index contributed by atoms with van der Waals surface area (Å²) in [7, 11) is 0. The molecule has 0 fully saturated rings. The van der Waals surface area contributed by atoms with Gasteiger partial charge < -0.3 is 13.9 Å². The number of rotatable bonds is 7. The van der Waals surface area contributed by atoms with Crippen molar-refractivity contribution in [2.75, 3.05) is 6.61 Å². The molecule has 6 heteroatoms. The lowest BCUT2D eigenvalue weighted by Gasteiger charge is -2.23. The molecule has 1 heterocycles. The molecule has 162 valence electrons. The van der Waals surface area contributed by atoms with Crippen LogP contribution in [0.3, 0.4) is 0 Å². The van der Waals surface area contributed by atoms with Gasteiger partial charge in [0.25, 0.3) is 6.01 Å². The van der Waals surface area contributed by atoms with E-state index in [0.29, 0.717) is 28.5 Å². The largest absolute Gasteiger partial charge is 0.488 e. The fraction of sp³-hybridized carbons (Fsp3) is 0.320. The van der Waals surface area contributed by atoms with Crippen molar-refractivity contribution in [3.63, 3.8) is 0 Å². The van der Waals surface area contributed by atoms with Crippen LogP contribution < -0.4 is 4.74 Å². The molecule has 1 aromatic heterocycles. The number of furan rings is 1. The maximum absolute atomic E-state index is 13.6. The Bertz CT molecular complexity index is 1120. The van der Waals surface area contributed by atoms with Gasteiger partial charge in [-0.05, 0) is 49.3 Å². The molecule has 0 bridgehead atoms. The van der Waals surface area contributed by atoms with E-state index < -0.39 is 6.01 Å². The Kier molecular flexibility index (Phi) is 6.62. The number of esters is 1. The van der Waals surface area contributed by atoms with Crippen LogP contribution in [0.2, 0.25) is 5.02 Å². The number of carbonyl (C=O) groups is 1. The maximum atomic E-state index is 13.6. The highest BCUT2D eigenvalue weighted by atomic mass is 35.5. The third kappa shape index (κ3) is 5.10. The van der Waals surface area contributed by atoms with Gasteiger partial charge >= 0.3 is 5.97 Å². The van der Waals surface area contributed by atoms with Crippen molar-refractivity contribution in [2.24, 2.45) is 5.92 Å². The van der Waals surface area contributed by atoms with Crippen molar-refractivity contribution in [1.82, 2.24) is 0 Å². The molecule has 1 aliphatic rings. The van der Waals surface area contributed by atoms with E-state index in [4.69, 9.17) is 25.5 Å². The number of ether oxygens (including phenoxy) is 2.